The molecule has 1 fully saturated rings. The molecular formula is C33H36N4O7. The van der Waals surface area contributed by atoms with Gasteiger partial charge in [0.15, 0.2) is 11.4 Å². The lowest BCUT2D eigenvalue weighted by atomic mass is 9.57. The summed E-state index contributed by atoms with van der Waals surface area (Å²) >= 11 is 0. The molecule has 4 atom stereocenters. The summed E-state index contributed by atoms with van der Waals surface area (Å²) in [5.74, 6) is -6.65. The van der Waals surface area contributed by atoms with Crippen molar-refractivity contribution in [2.24, 2.45) is 17.6 Å². The zero-order valence-electron chi connectivity index (χ0n) is 25.1. The van der Waals surface area contributed by atoms with Gasteiger partial charge in [-0.15, -0.1) is 0 Å². The van der Waals surface area contributed by atoms with Crippen molar-refractivity contribution < 1.29 is 34.8 Å². The highest BCUT2D eigenvalue weighted by atomic mass is 16.3. The molecule has 0 aliphatic heterocycles. The quantitative estimate of drug-likeness (QED) is 0.294. The average Bonchev–Trinajstić information content (AvgIpc) is 2.96. The Bertz CT molecular complexity index is 1680. The Kier molecular flexibility index (Phi) is 7.78. The number of benzene rings is 2. The monoisotopic (exact) mass is 600 g/mol. The number of aromatic hydroxyl groups is 1. The van der Waals surface area contributed by atoms with Crippen LogP contribution in [-0.4, -0.2) is 82.6 Å². The van der Waals surface area contributed by atoms with Crippen LogP contribution in [0, 0.1) is 23.2 Å². The molecule has 0 heterocycles. The SMILES string of the molecule is CN(C)c1cc(CCCc2ccc(C#N)cc2)c(O)c2c1C[C@H]1C[C@@H]3C(N(C)C)C(=O)C(C(N)=O)=C(O)[C@@]3(O)C(=O)C1=C2O. The summed E-state index contributed by atoms with van der Waals surface area (Å²) in [4.78, 5) is 42.9. The van der Waals surface area contributed by atoms with Crippen LogP contribution < -0.4 is 10.6 Å². The third-order valence-corrected chi connectivity index (χ3v) is 9.25. The Morgan fingerprint density at radius 2 is 1.75 bits per heavy atom. The van der Waals surface area contributed by atoms with Crippen molar-refractivity contribution >= 4 is 28.9 Å². The summed E-state index contributed by atoms with van der Waals surface area (Å²) < 4.78 is 0. The predicted octanol–water partition coefficient (Wildman–Crippen LogP) is 2.08. The molecule has 44 heavy (non-hydrogen) atoms. The second-order valence-corrected chi connectivity index (χ2v) is 12.3. The number of Topliss-reactive ketones (excluding diaryl/α,β-unsaturated/α-hetero) is 2. The molecule has 5 rings (SSSR count). The molecule has 0 bridgehead atoms. The van der Waals surface area contributed by atoms with Crippen molar-refractivity contribution in [1.29, 1.82) is 5.26 Å². The summed E-state index contributed by atoms with van der Waals surface area (Å²) in [7, 11) is 6.81. The lowest BCUT2D eigenvalue weighted by molar-refractivity contribution is -0.153. The molecule has 0 radical (unpaired) electrons. The number of phenols is 1. The predicted molar refractivity (Wildman–Crippen MR) is 162 cm³/mol. The minimum Gasteiger partial charge on any atom is -0.508 e. The topological polar surface area (TPSA) is 188 Å². The number of carbonyl (C=O) groups is 3. The van der Waals surface area contributed by atoms with Gasteiger partial charge in [0.1, 0.15) is 22.8 Å². The normalized spacial score (nSPS) is 24.5. The van der Waals surface area contributed by atoms with Gasteiger partial charge in [-0.2, -0.15) is 5.26 Å². The number of nitrogens with zero attached hydrogens (tertiary/aromatic N) is 3. The van der Waals surface area contributed by atoms with Gasteiger partial charge in [0.25, 0.3) is 5.91 Å². The lowest BCUT2D eigenvalue weighted by Gasteiger charge is -2.50. The second-order valence-electron chi connectivity index (χ2n) is 12.3. The molecule has 0 aromatic heterocycles. The highest BCUT2D eigenvalue weighted by Gasteiger charge is 2.64. The number of hydrogen-bond acceptors (Lipinski definition) is 10. The van der Waals surface area contributed by atoms with Gasteiger partial charge in [-0.05, 0) is 87.0 Å². The number of fused-ring (bicyclic) bond motifs is 3. The molecule has 3 aliphatic rings. The number of ketones is 2. The van der Waals surface area contributed by atoms with Crippen LogP contribution in [-0.2, 0) is 33.6 Å². The molecule has 230 valence electrons. The zero-order chi connectivity index (χ0) is 32.2. The van der Waals surface area contributed by atoms with E-state index in [2.05, 4.69) is 6.07 Å². The Morgan fingerprint density at radius 1 is 1.09 bits per heavy atom. The van der Waals surface area contributed by atoms with E-state index in [1.165, 1.54) is 4.90 Å². The molecule has 3 aliphatic carbocycles. The average molecular weight is 601 g/mol. The number of phenolic OH excluding ortho intramolecular Hbond substituents is 1. The maximum atomic E-state index is 14.1. The van der Waals surface area contributed by atoms with Gasteiger partial charge in [0.05, 0.1) is 23.2 Å². The van der Waals surface area contributed by atoms with E-state index < -0.39 is 58.0 Å². The standard InChI is InChI=1S/C33H36N4O7/c1-36(2)22-14-18(7-5-6-16-8-10-17(15-34)11-9-16)27(38)24-20(22)12-19-13-21-26(37(3)4)29(40)25(32(35)43)31(42)33(21,44)30(41)23(19)28(24)39/h8-11,14,19,21,26,38-39,42,44H,5-7,12-13H2,1-4H3,(H2,35,43)/t19-,21+,26?,33-/m0/s1. The fourth-order valence-electron chi connectivity index (χ4n) is 7.16. The summed E-state index contributed by atoms with van der Waals surface area (Å²) in [5.41, 5.74) is 5.31. The molecule has 11 nitrogen and oxygen atoms in total. The number of likely N-dealkylation sites (N-methyl/N-ethyl adjacent to an activating group) is 1. The highest BCUT2D eigenvalue weighted by molar-refractivity contribution is 6.24. The van der Waals surface area contributed by atoms with E-state index in [1.54, 1.807) is 26.2 Å². The molecular weight excluding hydrogens is 564 g/mol. The van der Waals surface area contributed by atoms with Crippen molar-refractivity contribution in [2.75, 3.05) is 33.1 Å². The lowest BCUT2D eigenvalue weighted by Crippen LogP contribution is -2.65. The number of amides is 1. The number of hydrogen-bond donors (Lipinski definition) is 5. The molecule has 1 unspecified atom stereocenters. The Balaban J connectivity index is 1.59. The number of nitriles is 1. The number of aliphatic hydroxyl groups excluding tert-OH is 2. The first kappa shape index (κ1) is 30.8. The number of primary amides is 1. The summed E-state index contributed by atoms with van der Waals surface area (Å²) in [6.45, 7) is 0. The number of nitrogens with two attached hydrogens (primary N) is 1. The van der Waals surface area contributed by atoms with Crippen LogP contribution in [0.1, 0.15) is 40.7 Å². The highest BCUT2D eigenvalue weighted by Crippen LogP contribution is 2.54. The van der Waals surface area contributed by atoms with E-state index in [-0.39, 0.29) is 29.7 Å². The number of anilines is 1. The van der Waals surface area contributed by atoms with Crippen LogP contribution in [0.25, 0.3) is 5.76 Å². The fourth-order valence-corrected chi connectivity index (χ4v) is 7.16. The van der Waals surface area contributed by atoms with Crippen LogP contribution in [0.4, 0.5) is 5.69 Å². The van der Waals surface area contributed by atoms with Gasteiger partial charge in [0, 0.05) is 31.3 Å². The molecule has 0 saturated heterocycles. The van der Waals surface area contributed by atoms with Gasteiger partial charge in [-0.3, -0.25) is 19.3 Å². The third kappa shape index (κ3) is 4.62. The van der Waals surface area contributed by atoms with E-state index in [0.717, 1.165) is 11.3 Å². The summed E-state index contributed by atoms with van der Waals surface area (Å²) in [6.07, 6.45) is 2.04. The fraction of sp³-hybridized carbons (Fsp3) is 0.394. The largest absolute Gasteiger partial charge is 0.508 e. The van der Waals surface area contributed by atoms with Crippen LogP contribution in [0.15, 0.2) is 47.2 Å². The Hall–Kier alpha value is -4.66. The number of carbonyl (C=O) groups excluding carboxylic acids is 3. The molecule has 1 saturated carbocycles. The van der Waals surface area contributed by atoms with E-state index in [0.29, 0.717) is 36.0 Å². The van der Waals surface area contributed by atoms with Crippen molar-refractivity contribution in [1.82, 2.24) is 4.90 Å². The van der Waals surface area contributed by atoms with Crippen LogP contribution in [0.2, 0.25) is 0 Å². The third-order valence-electron chi connectivity index (χ3n) is 9.25. The number of aliphatic hydroxyl groups is 3. The minimum atomic E-state index is -2.68. The van der Waals surface area contributed by atoms with Gasteiger partial charge in [-0.25, -0.2) is 0 Å². The first-order valence-corrected chi connectivity index (χ1v) is 14.4. The molecule has 2 aromatic carbocycles. The molecule has 1 amide bonds. The summed E-state index contributed by atoms with van der Waals surface area (Å²) in [6, 6.07) is 10.1. The summed E-state index contributed by atoms with van der Waals surface area (Å²) in [5, 5.41) is 55.0. The molecule has 0 spiro atoms. The number of rotatable bonds is 7. The maximum absolute atomic E-state index is 14.1. The molecule has 6 N–H and O–H groups in total. The first-order valence-electron chi connectivity index (χ1n) is 14.4. The first-order chi connectivity index (χ1) is 20.7. The molecule has 2 aromatic rings. The van der Waals surface area contributed by atoms with Gasteiger partial charge in [-0.1, -0.05) is 12.1 Å². The Morgan fingerprint density at radius 3 is 2.32 bits per heavy atom. The van der Waals surface area contributed by atoms with E-state index >= 15 is 0 Å². The van der Waals surface area contributed by atoms with Crippen LogP contribution >= 0.6 is 0 Å². The van der Waals surface area contributed by atoms with Crippen molar-refractivity contribution in [3.05, 3.63) is 75.1 Å². The minimum absolute atomic E-state index is 0.0335. The van der Waals surface area contributed by atoms with Gasteiger partial charge >= 0.3 is 0 Å². The van der Waals surface area contributed by atoms with Crippen LogP contribution in [0.3, 0.4) is 0 Å². The van der Waals surface area contributed by atoms with Crippen molar-refractivity contribution in [3.63, 3.8) is 0 Å². The smallest absolute Gasteiger partial charge is 0.255 e. The number of aryl methyl sites for hydroxylation is 2. The van der Waals surface area contributed by atoms with Crippen molar-refractivity contribution in [3.8, 4) is 11.8 Å². The molecule has 11 heteroatoms. The van der Waals surface area contributed by atoms with Crippen molar-refractivity contribution in [2.45, 2.75) is 43.7 Å². The van der Waals surface area contributed by atoms with E-state index in [9.17, 15) is 34.8 Å². The second kappa shape index (κ2) is 11.1. The van der Waals surface area contributed by atoms with E-state index in [4.69, 9.17) is 11.0 Å². The van der Waals surface area contributed by atoms with Gasteiger partial charge in [0.2, 0.25) is 5.78 Å². The van der Waals surface area contributed by atoms with E-state index in [1.807, 2.05) is 37.2 Å². The zero-order valence-corrected chi connectivity index (χ0v) is 25.1. The van der Waals surface area contributed by atoms with Crippen LogP contribution in [0.5, 0.6) is 5.75 Å². The Labute approximate surface area is 255 Å². The van der Waals surface area contributed by atoms with Gasteiger partial charge < -0.3 is 31.1 Å². The maximum Gasteiger partial charge on any atom is 0.255 e.